The minimum Gasteiger partial charge on any atom is -0.494 e. The summed E-state index contributed by atoms with van der Waals surface area (Å²) >= 11 is 0. The molecule has 0 spiro atoms. The maximum absolute atomic E-state index is 5.65. The zero-order chi connectivity index (χ0) is 15.4. The van der Waals surface area contributed by atoms with Crippen LogP contribution in [-0.4, -0.2) is 11.6 Å². The molecule has 0 aliphatic carbocycles. The SMILES string of the molecule is CCOc1cccc(CNCc2c[nH]c3ccccc23)c1C. The number of nitrogens with one attached hydrogen (secondary N) is 2. The fourth-order valence-corrected chi connectivity index (χ4v) is 2.77. The molecule has 3 aromatic rings. The largest absolute Gasteiger partial charge is 0.494 e. The second kappa shape index (κ2) is 6.67. The lowest BCUT2D eigenvalue weighted by molar-refractivity contribution is 0.337. The van der Waals surface area contributed by atoms with E-state index in [1.165, 1.54) is 27.6 Å². The summed E-state index contributed by atoms with van der Waals surface area (Å²) < 4.78 is 5.65. The van der Waals surface area contributed by atoms with Crippen LogP contribution in [0.5, 0.6) is 5.75 Å². The Morgan fingerprint density at radius 1 is 1.00 bits per heavy atom. The van der Waals surface area contributed by atoms with Gasteiger partial charge in [0.05, 0.1) is 6.61 Å². The Morgan fingerprint density at radius 2 is 1.82 bits per heavy atom. The molecule has 22 heavy (non-hydrogen) atoms. The molecule has 1 aromatic heterocycles. The lowest BCUT2D eigenvalue weighted by Crippen LogP contribution is -2.13. The average Bonchev–Trinajstić information content (AvgIpc) is 2.95. The highest BCUT2D eigenvalue weighted by Crippen LogP contribution is 2.22. The maximum atomic E-state index is 5.65. The van der Waals surface area contributed by atoms with E-state index < -0.39 is 0 Å². The topological polar surface area (TPSA) is 37.0 Å². The fraction of sp³-hybridized carbons (Fsp3) is 0.263. The van der Waals surface area contributed by atoms with Gasteiger partial charge in [-0.05, 0) is 42.7 Å². The summed E-state index contributed by atoms with van der Waals surface area (Å²) in [6.07, 6.45) is 2.08. The van der Waals surface area contributed by atoms with E-state index >= 15 is 0 Å². The molecule has 0 radical (unpaired) electrons. The summed E-state index contributed by atoms with van der Waals surface area (Å²) in [5, 5.41) is 4.82. The Hall–Kier alpha value is -2.26. The molecule has 3 heteroatoms. The van der Waals surface area contributed by atoms with E-state index in [2.05, 4.69) is 59.8 Å². The van der Waals surface area contributed by atoms with Crippen molar-refractivity contribution in [1.82, 2.24) is 10.3 Å². The highest BCUT2D eigenvalue weighted by atomic mass is 16.5. The van der Waals surface area contributed by atoms with Gasteiger partial charge in [0.1, 0.15) is 5.75 Å². The molecule has 3 nitrogen and oxygen atoms in total. The summed E-state index contributed by atoms with van der Waals surface area (Å²) in [7, 11) is 0. The molecule has 0 aliphatic rings. The molecule has 0 fully saturated rings. The Labute approximate surface area is 131 Å². The molecular weight excluding hydrogens is 272 g/mol. The minimum absolute atomic E-state index is 0.701. The van der Waals surface area contributed by atoms with Crippen LogP contribution < -0.4 is 10.1 Å². The van der Waals surface area contributed by atoms with Gasteiger partial charge in [-0.15, -0.1) is 0 Å². The predicted molar refractivity (Wildman–Crippen MR) is 91.2 cm³/mol. The second-order valence-corrected chi connectivity index (χ2v) is 5.44. The first-order valence-corrected chi connectivity index (χ1v) is 7.76. The number of fused-ring (bicyclic) bond motifs is 1. The van der Waals surface area contributed by atoms with Crippen LogP contribution >= 0.6 is 0 Å². The zero-order valence-corrected chi connectivity index (χ0v) is 13.1. The zero-order valence-electron chi connectivity index (χ0n) is 13.1. The molecule has 0 amide bonds. The number of ether oxygens (including phenoxy) is 1. The van der Waals surface area contributed by atoms with Crippen molar-refractivity contribution in [3.63, 3.8) is 0 Å². The van der Waals surface area contributed by atoms with Crippen LogP contribution in [-0.2, 0) is 13.1 Å². The molecule has 0 bridgehead atoms. The maximum Gasteiger partial charge on any atom is 0.122 e. The van der Waals surface area contributed by atoms with E-state index in [1.54, 1.807) is 0 Å². The molecule has 2 N–H and O–H groups in total. The van der Waals surface area contributed by atoms with Crippen molar-refractivity contribution >= 4 is 10.9 Å². The van der Waals surface area contributed by atoms with E-state index in [0.29, 0.717) is 6.61 Å². The van der Waals surface area contributed by atoms with Gasteiger partial charge in [0, 0.05) is 30.2 Å². The monoisotopic (exact) mass is 294 g/mol. The molecule has 0 atom stereocenters. The minimum atomic E-state index is 0.701. The van der Waals surface area contributed by atoms with Crippen LogP contribution in [0.3, 0.4) is 0 Å². The predicted octanol–water partition coefficient (Wildman–Crippen LogP) is 4.16. The van der Waals surface area contributed by atoms with Crippen molar-refractivity contribution in [1.29, 1.82) is 0 Å². The van der Waals surface area contributed by atoms with Crippen LogP contribution in [0.4, 0.5) is 0 Å². The fourth-order valence-electron chi connectivity index (χ4n) is 2.77. The van der Waals surface area contributed by atoms with Gasteiger partial charge in [0.15, 0.2) is 0 Å². The Kier molecular flexibility index (Phi) is 4.45. The number of hydrogen-bond acceptors (Lipinski definition) is 2. The number of rotatable bonds is 6. The smallest absolute Gasteiger partial charge is 0.122 e. The van der Waals surface area contributed by atoms with E-state index in [0.717, 1.165) is 18.8 Å². The first kappa shape index (κ1) is 14.7. The molecule has 3 rings (SSSR count). The van der Waals surface area contributed by atoms with Crippen LogP contribution in [0.25, 0.3) is 10.9 Å². The van der Waals surface area contributed by atoms with Crippen molar-refractivity contribution in [3.8, 4) is 5.75 Å². The van der Waals surface area contributed by atoms with Gasteiger partial charge in [-0.1, -0.05) is 30.3 Å². The summed E-state index contributed by atoms with van der Waals surface area (Å²) in [5.41, 5.74) is 4.99. The summed E-state index contributed by atoms with van der Waals surface area (Å²) in [4.78, 5) is 3.31. The molecular formula is C19H22N2O. The van der Waals surface area contributed by atoms with Crippen molar-refractivity contribution < 1.29 is 4.74 Å². The molecule has 2 aromatic carbocycles. The van der Waals surface area contributed by atoms with Crippen molar-refractivity contribution in [2.75, 3.05) is 6.61 Å². The van der Waals surface area contributed by atoms with Crippen molar-refractivity contribution in [3.05, 3.63) is 65.4 Å². The lowest BCUT2D eigenvalue weighted by Gasteiger charge is -2.12. The van der Waals surface area contributed by atoms with Crippen LogP contribution in [0.1, 0.15) is 23.6 Å². The third kappa shape index (κ3) is 3.00. The highest BCUT2D eigenvalue weighted by Gasteiger charge is 2.06. The number of benzene rings is 2. The standard InChI is InChI=1S/C19H22N2O/c1-3-22-19-10-6-7-15(14(19)2)11-20-12-16-13-21-18-9-5-4-8-17(16)18/h4-10,13,20-21H,3,11-12H2,1-2H3. The number of hydrogen-bond donors (Lipinski definition) is 2. The summed E-state index contributed by atoms with van der Waals surface area (Å²) in [6, 6.07) is 14.6. The van der Waals surface area contributed by atoms with Crippen molar-refractivity contribution in [2.24, 2.45) is 0 Å². The van der Waals surface area contributed by atoms with Crippen LogP contribution in [0.2, 0.25) is 0 Å². The molecule has 0 saturated carbocycles. The lowest BCUT2D eigenvalue weighted by atomic mass is 10.1. The van der Waals surface area contributed by atoms with Crippen LogP contribution in [0.15, 0.2) is 48.7 Å². The average molecular weight is 294 g/mol. The van der Waals surface area contributed by atoms with Gasteiger partial charge in [0.2, 0.25) is 0 Å². The Morgan fingerprint density at radius 3 is 2.68 bits per heavy atom. The number of H-pyrrole nitrogens is 1. The Balaban J connectivity index is 1.67. The van der Waals surface area contributed by atoms with E-state index in [4.69, 9.17) is 4.74 Å². The van der Waals surface area contributed by atoms with Gasteiger partial charge in [0.25, 0.3) is 0 Å². The highest BCUT2D eigenvalue weighted by molar-refractivity contribution is 5.82. The van der Waals surface area contributed by atoms with Crippen molar-refractivity contribution in [2.45, 2.75) is 26.9 Å². The summed E-state index contributed by atoms with van der Waals surface area (Å²) in [5.74, 6) is 0.980. The third-order valence-corrected chi connectivity index (χ3v) is 4.00. The molecule has 0 aliphatic heterocycles. The van der Waals surface area contributed by atoms with Gasteiger partial charge >= 0.3 is 0 Å². The van der Waals surface area contributed by atoms with E-state index in [9.17, 15) is 0 Å². The third-order valence-electron chi connectivity index (χ3n) is 4.00. The first-order valence-electron chi connectivity index (χ1n) is 7.76. The second-order valence-electron chi connectivity index (χ2n) is 5.44. The molecule has 1 heterocycles. The van der Waals surface area contributed by atoms with E-state index in [1.807, 2.05) is 13.0 Å². The summed E-state index contributed by atoms with van der Waals surface area (Å²) in [6.45, 7) is 6.52. The Bertz CT molecular complexity index is 761. The molecule has 0 saturated heterocycles. The van der Waals surface area contributed by atoms with E-state index in [-0.39, 0.29) is 0 Å². The van der Waals surface area contributed by atoms with Gasteiger partial charge in [-0.2, -0.15) is 0 Å². The normalized spacial score (nSPS) is 11.0. The number of aromatic nitrogens is 1. The van der Waals surface area contributed by atoms with Gasteiger partial charge in [-0.3, -0.25) is 0 Å². The van der Waals surface area contributed by atoms with Gasteiger partial charge < -0.3 is 15.0 Å². The number of para-hydroxylation sites is 1. The van der Waals surface area contributed by atoms with Gasteiger partial charge in [-0.25, -0.2) is 0 Å². The first-order chi connectivity index (χ1) is 10.8. The number of aromatic amines is 1. The molecule has 0 unspecified atom stereocenters. The van der Waals surface area contributed by atoms with Crippen LogP contribution in [0, 0.1) is 6.92 Å². The molecule has 114 valence electrons. The quantitative estimate of drug-likeness (QED) is 0.716.